The molecule has 0 amide bonds. The Morgan fingerprint density at radius 3 is 2.86 bits per heavy atom. The maximum absolute atomic E-state index is 11.2. The zero-order valence-corrected chi connectivity index (χ0v) is 12.4. The summed E-state index contributed by atoms with van der Waals surface area (Å²) in [5.41, 5.74) is 1.26. The molecule has 1 fully saturated rings. The summed E-state index contributed by atoms with van der Waals surface area (Å²) < 4.78 is 5.29. The minimum Gasteiger partial charge on any atom is -0.383 e. The van der Waals surface area contributed by atoms with E-state index in [-0.39, 0.29) is 5.56 Å². The summed E-state index contributed by atoms with van der Waals surface area (Å²) in [6.07, 6.45) is 4.36. The molecule has 3 rings (SSSR count). The topological polar surface area (TPSA) is 49.2 Å². The van der Waals surface area contributed by atoms with E-state index in [4.69, 9.17) is 4.52 Å². The fourth-order valence-electron chi connectivity index (χ4n) is 3.24. The van der Waals surface area contributed by atoms with E-state index in [0.29, 0.717) is 12.0 Å². The van der Waals surface area contributed by atoms with Gasteiger partial charge in [-0.2, -0.15) is 5.16 Å². The lowest BCUT2D eigenvalue weighted by Gasteiger charge is -2.36. The number of aromatic nitrogens is 1. The van der Waals surface area contributed by atoms with Gasteiger partial charge in [-0.3, -0.25) is 4.79 Å². The Hall–Kier alpha value is -1.81. The van der Waals surface area contributed by atoms with Crippen molar-refractivity contribution < 1.29 is 4.52 Å². The largest absolute Gasteiger partial charge is 0.383 e. The van der Waals surface area contributed by atoms with Crippen LogP contribution in [0.25, 0.3) is 0 Å². The Morgan fingerprint density at radius 1 is 1.33 bits per heavy atom. The maximum Gasteiger partial charge on any atom is 0.280 e. The van der Waals surface area contributed by atoms with E-state index in [1.807, 2.05) is 0 Å². The normalized spacial score (nSPS) is 23.3. The number of nitrogens with one attached hydrogen (secondary N) is 1. The average molecular weight is 286 g/mol. The molecule has 0 bridgehead atoms. The van der Waals surface area contributed by atoms with Crippen molar-refractivity contribution in [3.8, 4) is 0 Å². The molecular formula is C17H22N2O2. The molecule has 0 saturated carbocycles. The molecule has 0 spiro atoms. The first kappa shape index (κ1) is 14.1. The van der Waals surface area contributed by atoms with Gasteiger partial charge in [0.2, 0.25) is 0 Å². The van der Waals surface area contributed by atoms with Crippen LogP contribution in [0, 0.1) is 0 Å². The van der Waals surface area contributed by atoms with Crippen molar-refractivity contribution in [1.29, 1.82) is 0 Å². The van der Waals surface area contributed by atoms with Crippen molar-refractivity contribution >= 4 is 0 Å². The predicted octanol–water partition coefficient (Wildman–Crippen LogP) is 2.78. The van der Waals surface area contributed by atoms with Gasteiger partial charge in [-0.25, -0.2) is 0 Å². The molecule has 0 radical (unpaired) electrons. The molecule has 0 unspecified atom stereocenters. The van der Waals surface area contributed by atoms with E-state index >= 15 is 0 Å². The molecule has 4 nitrogen and oxygen atoms in total. The van der Waals surface area contributed by atoms with Crippen LogP contribution in [0.2, 0.25) is 0 Å². The smallest absolute Gasteiger partial charge is 0.280 e. The molecule has 1 saturated heterocycles. The zero-order chi connectivity index (χ0) is 14.7. The molecule has 21 heavy (non-hydrogen) atoms. The van der Waals surface area contributed by atoms with Gasteiger partial charge in [0.05, 0.1) is 0 Å². The molecule has 2 heterocycles. The highest BCUT2D eigenvalue weighted by atomic mass is 16.5. The summed E-state index contributed by atoms with van der Waals surface area (Å²) >= 11 is 0. The van der Waals surface area contributed by atoms with Crippen molar-refractivity contribution in [2.75, 3.05) is 13.6 Å². The van der Waals surface area contributed by atoms with Gasteiger partial charge in [0, 0.05) is 18.0 Å². The van der Waals surface area contributed by atoms with E-state index in [9.17, 15) is 4.79 Å². The van der Waals surface area contributed by atoms with Gasteiger partial charge in [-0.05, 0) is 44.8 Å². The van der Waals surface area contributed by atoms with E-state index in [1.165, 1.54) is 5.56 Å². The Labute approximate surface area is 124 Å². The second kappa shape index (κ2) is 6.31. The van der Waals surface area contributed by atoms with Gasteiger partial charge in [0.1, 0.15) is 5.76 Å². The standard InChI is InChI=1S/C17H22N2O2/c1-19-10-9-14(16-12-17(20)18-21-16)11-15(19)8-7-13-5-3-2-4-6-13/h2-6,12,14-15H,7-11H2,1H3,(H,18,20)/t14-,15+/m0/s1. The molecule has 4 heteroatoms. The minimum atomic E-state index is -0.134. The van der Waals surface area contributed by atoms with E-state index in [1.54, 1.807) is 6.07 Å². The zero-order valence-electron chi connectivity index (χ0n) is 12.4. The number of benzene rings is 1. The van der Waals surface area contributed by atoms with Crippen LogP contribution in [-0.2, 0) is 6.42 Å². The highest BCUT2D eigenvalue weighted by Gasteiger charge is 2.28. The van der Waals surface area contributed by atoms with Crippen LogP contribution in [0.15, 0.2) is 45.7 Å². The molecule has 2 aromatic rings. The van der Waals surface area contributed by atoms with Crippen molar-refractivity contribution in [2.45, 2.75) is 37.6 Å². The average Bonchev–Trinajstić information content (AvgIpc) is 2.94. The number of H-pyrrole nitrogens is 1. The number of aromatic amines is 1. The SMILES string of the molecule is CN1CC[C@H](c2cc(=O)[nH]o2)C[C@H]1CCc1ccccc1. The molecular weight excluding hydrogens is 264 g/mol. The fraction of sp³-hybridized carbons (Fsp3) is 0.471. The molecule has 1 N–H and O–H groups in total. The summed E-state index contributed by atoms with van der Waals surface area (Å²) in [5, 5.41) is 2.41. The number of rotatable bonds is 4. The summed E-state index contributed by atoms with van der Waals surface area (Å²) in [6, 6.07) is 12.8. The lowest BCUT2D eigenvalue weighted by Crippen LogP contribution is -2.39. The van der Waals surface area contributed by atoms with Gasteiger partial charge in [-0.15, -0.1) is 0 Å². The lowest BCUT2D eigenvalue weighted by molar-refractivity contribution is 0.149. The van der Waals surface area contributed by atoms with E-state index in [2.05, 4.69) is 47.4 Å². The Balaban J connectivity index is 1.62. The fourth-order valence-corrected chi connectivity index (χ4v) is 3.24. The predicted molar refractivity (Wildman–Crippen MR) is 82.5 cm³/mol. The first-order valence-electron chi connectivity index (χ1n) is 7.65. The van der Waals surface area contributed by atoms with Gasteiger partial charge >= 0.3 is 0 Å². The number of aryl methyl sites for hydroxylation is 1. The van der Waals surface area contributed by atoms with Gasteiger partial charge < -0.3 is 9.42 Å². The Morgan fingerprint density at radius 2 is 2.14 bits per heavy atom. The number of hydrogen-bond acceptors (Lipinski definition) is 3. The Bertz CT molecular complexity index is 617. The van der Waals surface area contributed by atoms with Gasteiger partial charge in [-0.1, -0.05) is 30.3 Å². The second-order valence-electron chi connectivity index (χ2n) is 6.00. The maximum atomic E-state index is 11.2. The van der Waals surface area contributed by atoms with E-state index in [0.717, 1.165) is 38.0 Å². The third kappa shape index (κ3) is 3.45. The number of nitrogens with zero attached hydrogens (tertiary/aromatic N) is 1. The first-order chi connectivity index (χ1) is 10.2. The summed E-state index contributed by atoms with van der Waals surface area (Å²) in [6.45, 7) is 1.05. The van der Waals surface area contributed by atoms with Crippen molar-refractivity contribution in [3.05, 3.63) is 58.1 Å². The van der Waals surface area contributed by atoms with Crippen LogP contribution in [0.4, 0.5) is 0 Å². The molecule has 112 valence electrons. The number of likely N-dealkylation sites (tertiary alicyclic amines) is 1. The molecule has 1 aromatic heterocycles. The molecule has 1 aliphatic rings. The number of piperidine rings is 1. The van der Waals surface area contributed by atoms with Crippen LogP contribution < -0.4 is 5.56 Å². The van der Waals surface area contributed by atoms with Crippen LogP contribution in [0.5, 0.6) is 0 Å². The molecule has 2 atom stereocenters. The minimum absolute atomic E-state index is 0.134. The van der Waals surface area contributed by atoms with Crippen molar-refractivity contribution in [2.24, 2.45) is 0 Å². The van der Waals surface area contributed by atoms with Crippen LogP contribution in [-0.4, -0.2) is 29.7 Å². The van der Waals surface area contributed by atoms with Crippen molar-refractivity contribution in [1.82, 2.24) is 10.1 Å². The third-order valence-corrected chi connectivity index (χ3v) is 4.56. The molecule has 1 aromatic carbocycles. The van der Waals surface area contributed by atoms with Crippen LogP contribution in [0.3, 0.4) is 0 Å². The first-order valence-corrected chi connectivity index (χ1v) is 7.65. The Kier molecular flexibility index (Phi) is 4.25. The highest BCUT2D eigenvalue weighted by molar-refractivity contribution is 5.15. The number of hydrogen-bond donors (Lipinski definition) is 1. The quantitative estimate of drug-likeness (QED) is 0.940. The van der Waals surface area contributed by atoms with E-state index < -0.39 is 0 Å². The highest BCUT2D eigenvalue weighted by Crippen LogP contribution is 2.31. The molecule has 0 aliphatic carbocycles. The summed E-state index contributed by atoms with van der Waals surface area (Å²) in [5.74, 6) is 1.18. The summed E-state index contributed by atoms with van der Waals surface area (Å²) in [4.78, 5) is 13.7. The molecule has 1 aliphatic heterocycles. The summed E-state index contributed by atoms with van der Waals surface area (Å²) in [7, 11) is 2.19. The van der Waals surface area contributed by atoms with Gasteiger partial charge in [0.25, 0.3) is 5.56 Å². The monoisotopic (exact) mass is 286 g/mol. The third-order valence-electron chi connectivity index (χ3n) is 4.56. The van der Waals surface area contributed by atoms with Crippen LogP contribution >= 0.6 is 0 Å². The second-order valence-corrected chi connectivity index (χ2v) is 6.00. The lowest BCUT2D eigenvalue weighted by atomic mass is 9.86. The van der Waals surface area contributed by atoms with Gasteiger partial charge in [0.15, 0.2) is 0 Å². The van der Waals surface area contributed by atoms with Crippen LogP contribution in [0.1, 0.15) is 36.5 Å². The van der Waals surface area contributed by atoms with Crippen molar-refractivity contribution in [3.63, 3.8) is 0 Å².